The van der Waals surface area contributed by atoms with Crippen LogP contribution in [0, 0.1) is 0 Å². The van der Waals surface area contributed by atoms with E-state index in [-0.39, 0.29) is 0 Å². The third kappa shape index (κ3) is 14.8. The predicted octanol–water partition coefficient (Wildman–Crippen LogP) is 4.21. The minimum absolute atomic E-state index is 0.734. The van der Waals surface area contributed by atoms with Gasteiger partial charge >= 0.3 is 0 Å². The monoisotopic (exact) mass is 256 g/mol. The Morgan fingerprint density at radius 3 is 1.76 bits per heavy atom. The molecule has 1 rings (SSSR count). The molecule has 0 aromatic heterocycles. The Bertz CT molecular complexity index is 323. The van der Waals surface area contributed by atoms with Gasteiger partial charge in [0.15, 0.2) is 0 Å². The maximum atomic E-state index is 10.1. The second-order valence-corrected chi connectivity index (χ2v) is 3.09. The number of carbonyl (C=O) groups excluding carboxylic acids is 1. The number of benzene rings is 1. The molecule has 0 spiro atoms. The molecule has 3 heteroatoms. The van der Waals surface area contributed by atoms with Gasteiger partial charge in [-0.3, -0.25) is 4.79 Å². The van der Waals surface area contributed by atoms with Crippen molar-refractivity contribution in [3.63, 3.8) is 0 Å². The van der Waals surface area contributed by atoms with Gasteiger partial charge in [0.25, 0.3) is 0 Å². The summed E-state index contributed by atoms with van der Waals surface area (Å²) in [6.45, 7) is 12.0. The van der Waals surface area contributed by atoms with E-state index < -0.39 is 10.3 Å². The van der Waals surface area contributed by atoms with Gasteiger partial charge in [-0.25, -0.2) is 5.87 Å². The molecular formula is C14H26NOS-. The molecule has 1 N–H and O–H groups in total. The molecule has 0 aliphatic carbocycles. The molecule has 1 aromatic rings. The van der Waals surface area contributed by atoms with Crippen LogP contribution in [0.25, 0.3) is 0 Å². The summed E-state index contributed by atoms with van der Waals surface area (Å²) >= 11 is 0. The average molecular weight is 256 g/mol. The number of hydrogen-bond donors (Lipinski definition) is 1. The van der Waals surface area contributed by atoms with Crippen LogP contribution in [0.3, 0.4) is 0 Å². The van der Waals surface area contributed by atoms with Gasteiger partial charge in [0.05, 0.1) is 0 Å². The Kier molecular flexibility index (Phi) is 25.2. The summed E-state index contributed by atoms with van der Waals surface area (Å²) in [4.78, 5) is 10.1. The lowest BCUT2D eigenvalue weighted by molar-refractivity contribution is 0.572. The van der Waals surface area contributed by atoms with Crippen molar-refractivity contribution in [1.82, 2.24) is 0 Å². The molecule has 100 valence electrons. The molecule has 2 nitrogen and oxygen atoms in total. The zero-order chi connectivity index (χ0) is 14.1. The Labute approximate surface area is 109 Å². The molecule has 1 aromatic carbocycles. The van der Waals surface area contributed by atoms with E-state index in [1.54, 1.807) is 5.23 Å². The van der Waals surface area contributed by atoms with E-state index in [4.69, 9.17) is 0 Å². The maximum Gasteiger partial charge on any atom is 0.0154 e. The molecule has 0 saturated carbocycles. The lowest BCUT2D eigenvalue weighted by atomic mass is 10.3. The fraction of sp³-hybridized carbons (Fsp3) is 0.429. The minimum atomic E-state index is -0.734. The Morgan fingerprint density at radius 2 is 1.41 bits per heavy atom. The van der Waals surface area contributed by atoms with Crippen LogP contribution < -0.4 is 4.72 Å². The fourth-order valence-electron chi connectivity index (χ4n) is 0.669. The lowest BCUT2D eigenvalue weighted by Crippen LogP contribution is -1.94. The molecule has 17 heavy (non-hydrogen) atoms. The largest absolute Gasteiger partial charge is 0.471 e. The third-order valence-electron chi connectivity index (χ3n) is 1.12. The Hall–Kier alpha value is -1.18. The molecule has 0 saturated heterocycles. The molecule has 0 heterocycles. The van der Waals surface area contributed by atoms with Gasteiger partial charge in [-0.05, 0) is 17.4 Å². The van der Waals surface area contributed by atoms with E-state index in [0.717, 1.165) is 5.69 Å². The molecule has 0 amide bonds. The number of rotatable bonds is 2. The van der Waals surface area contributed by atoms with E-state index in [1.807, 2.05) is 71.9 Å². The zero-order valence-electron chi connectivity index (χ0n) is 11.9. The molecule has 0 fully saturated rings. The maximum absolute atomic E-state index is 10.1. The van der Waals surface area contributed by atoms with Crippen LogP contribution in [-0.4, -0.2) is 11.1 Å². The minimum Gasteiger partial charge on any atom is -0.471 e. The molecule has 0 bridgehead atoms. The first kappa shape index (κ1) is 21.1. The predicted molar refractivity (Wildman–Crippen MR) is 84.3 cm³/mol. The summed E-state index contributed by atoms with van der Waals surface area (Å²) in [5.41, 5.74) is 0.897. The molecule has 0 unspecified atom stereocenters. The van der Waals surface area contributed by atoms with E-state index in [1.165, 1.54) is 0 Å². The first-order chi connectivity index (χ1) is 8.33. The van der Waals surface area contributed by atoms with Gasteiger partial charge in [-0.1, -0.05) is 59.7 Å². The summed E-state index contributed by atoms with van der Waals surface area (Å²) in [5.74, 6) is 3.54. The van der Waals surface area contributed by atoms with Gasteiger partial charge in [0, 0.05) is 5.69 Å². The van der Waals surface area contributed by atoms with Crippen molar-refractivity contribution in [2.75, 3.05) is 4.72 Å². The van der Waals surface area contributed by atoms with Gasteiger partial charge in [0.1, 0.15) is 0 Å². The van der Waals surface area contributed by atoms with E-state index in [2.05, 4.69) is 10.6 Å². The van der Waals surface area contributed by atoms with Gasteiger partial charge < -0.3 is 15.0 Å². The van der Waals surface area contributed by atoms with Gasteiger partial charge in [-0.2, -0.15) is 0 Å². The number of anilines is 1. The first-order valence-electron chi connectivity index (χ1n) is 6.06. The van der Waals surface area contributed by atoms with Crippen LogP contribution in [0.4, 0.5) is 5.69 Å². The Morgan fingerprint density at radius 1 is 1.00 bits per heavy atom. The highest BCUT2D eigenvalue weighted by molar-refractivity contribution is 7.93. The van der Waals surface area contributed by atoms with Crippen LogP contribution in [0.5, 0.6) is 0 Å². The normalized spacial score (nSPS) is 7.00. The first-order valence-corrected chi connectivity index (χ1v) is 7.46. The smallest absolute Gasteiger partial charge is 0.0154 e. The van der Waals surface area contributed by atoms with Crippen LogP contribution in [0.2, 0.25) is 0 Å². The number of nitrogens with one attached hydrogen (secondary N) is 1. The van der Waals surface area contributed by atoms with Crippen molar-refractivity contribution in [1.29, 1.82) is 0 Å². The average Bonchev–Trinajstić information content (AvgIpc) is 2.46. The quantitative estimate of drug-likeness (QED) is 0.634. The highest BCUT2D eigenvalue weighted by Gasteiger charge is 1.77. The van der Waals surface area contributed by atoms with Crippen LogP contribution in [-0.2, 0) is 15.1 Å². The fourth-order valence-corrected chi connectivity index (χ4v) is 1.13. The molecule has 0 radical (unpaired) electrons. The van der Waals surface area contributed by atoms with Crippen LogP contribution in [0.15, 0.2) is 30.3 Å². The number of hydrogen-bond acceptors (Lipinski definition) is 3. The third-order valence-corrected chi connectivity index (χ3v) is 1.80. The second kappa shape index (κ2) is 20.3. The molecule has 0 aliphatic heterocycles. The standard InChI is InChI=1S/C8H8NOS.3C2H6/c1-11(7-10)9-8-5-3-2-4-6-8;3*1-2/h2-6,9H,1H2;3*1-2H3/q-1;;;. The summed E-state index contributed by atoms with van der Waals surface area (Å²) in [7, 11) is -0.734. The summed E-state index contributed by atoms with van der Waals surface area (Å²) in [6.07, 6.45) is 0. The molecule has 0 atom stereocenters. The van der Waals surface area contributed by atoms with Crippen molar-refractivity contribution in [3.8, 4) is 0 Å². The van der Waals surface area contributed by atoms with E-state index in [0.29, 0.717) is 0 Å². The topological polar surface area (TPSA) is 29.1 Å². The van der Waals surface area contributed by atoms with Crippen molar-refractivity contribution in [2.45, 2.75) is 41.5 Å². The van der Waals surface area contributed by atoms with Crippen molar-refractivity contribution >= 4 is 27.0 Å². The lowest BCUT2D eigenvalue weighted by Gasteiger charge is -2.08. The summed E-state index contributed by atoms with van der Waals surface area (Å²) < 4.78 is 2.88. The van der Waals surface area contributed by atoms with Crippen molar-refractivity contribution in [2.24, 2.45) is 0 Å². The van der Waals surface area contributed by atoms with Crippen molar-refractivity contribution in [3.05, 3.63) is 30.3 Å². The van der Waals surface area contributed by atoms with Crippen LogP contribution in [0.1, 0.15) is 41.5 Å². The summed E-state index contributed by atoms with van der Waals surface area (Å²) in [5, 5.41) is 1.77. The van der Waals surface area contributed by atoms with Gasteiger partial charge in [-0.15, -0.1) is 0 Å². The van der Waals surface area contributed by atoms with E-state index in [9.17, 15) is 4.79 Å². The molecule has 0 aliphatic rings. The highest BCUT2D eigenvalue weighted by atomic mass is 32.2. The highest BCUT2D eigenvalue weighted by Crippen LogP contribution is 2.03. The van der Waals surface area contributed by atoms with Crippen molar-refractivity contribution < 1.29 is 4.79 Å². The molecular weight excluding hydrogens is 230 g/mol. The van der Waals surface area contributed by atoms with Gasteiger partial charge in [0.2, 0.25) is 0 Å². The number of para-hydroxylation sites is 1. The van der Waals surface area contributed by atoms with Crippen LogP contribution >= 0.6 is 0 Å². The van der Waals surface area contributed by atoms with E-state index >= 15 is 0 Å². The second-order valence-electron chi connectivity index (χ2n) is 1.94. The Balaban J connectivity index is -0.000000285. The summed E-state index contributed by atoms with van der Waals surface area (Å²) in [6, 6.07) is 9.46. The zero-order valence-corrected chi connectivity index (χ0v) is 12.7. The SMILES string of the molecule is C=[S-](=C=O)Nc1ccccc1.CC.CC.CC.